The van der Waals surface area contributed by atoms with Crippen molar-refractivity contribution in [2.45, 2.75) is 0 Å². The lowest BCUT2D eigenvalue weighted by Gasteiger charge is -2.35. The lowest BCUT2D eigenvalue weighted by Crippen LogP contribution is -2.50. The fraction of sp³-hybridized carbons (Fsp3) is 0.148. The first kappa shape index (κ1) is 23.7. The second kappa shape index (κ2) is 9.91. The van der Waals surface area contributed by atoms with Crippen LogP contribution in [-0.2, 0) is 0 Å². The van der Waals surface area contributed by atoms with Crippen LogP contribution in [0.2, 0.25) is 0 Å². The van der Waals surface area contributed by atoms with Gasteiger partial charge in [-0.3, -0.25) is 14.4 Å². The summed E-state index contributed by atoms with van der Waals surface area (Å²) in [6.45, 7) is 1.04. The summed E-state index contributed by atoms with van der Waals surface area (Å²) in [6.07, 6.45) is 0. The van der Waals surface area contributed by atoms with Crippen LogP contribution in [0.4, 0.5) is 4.39 Å². The Bertz CT molecular complexity index is 1600. The third-order valence-electron chi connectivity index (χ3n) is 6.16. The number of carbonyl (C=O) groups excluding carboxylic acids is 2. The largest absolute Gasteiger partial charge is 0.437 e. The molecule has 37 heavy (non-hydrogen) atoms. The number of piperazine rings is 1. The summed E-state index contributed by atoms with van der Waals surface area (Å²) in [4.78, 5) is 41.0. The number of hydrogen-bond acceptors (Lipinski definition) is 6. The van der Waals surface area contributed by atoms with Gasteiger partial charge in [-0.1, -0.05) is 12.1 Å². The lowest BCUT2D eigenvalue weighted by molar-refractivity contribution is 0.0532. The van der Waals surface area contributed by atoms with Crippen molar-refractivity contribution >= 4 is 22.6 Å². The van der Waals surface area contributed by atoms with Crippen molar-refractivity contribution < 1.29 is 18.7 Å². The molecule has 2 amide bonds. The van der Waals surface area contributed by atoms with Gasteiger partial charge in [0.2, 0.25) is 5.88 Å². The van der Waals surface area contributed by atoms with E-state index in [0.29, 0.717) is 21.9 Å². The third kappa shape index (κ3) is 4.75. The van der Waals surface area contributed by atoms with E-state index < -0.39 is 11.7 Å². The maximum Gasteiger partial charge on any atom is 0.272 e. The van der Waals surface area contributed by atoms with Crippen LogP contribution in [0.25, 0.3) is 10.8 Å². The number of nitriles is 1. The molecule has 0 atom stereocenters. The zero-order chi connectivity index (χ0) is 25.9. The predicted octanol–water partition coefficient (Wildman–Crippen LogP) is 3.32. The van der Waals surface area contributed by atoms with Gasteiger partial charge in [-0.05, 0) is 54.6 Å². The summed E-state index contributed by atoms with van der Waals surface area (Å²) in [7, 11) is 0. The molecule has 1 aliphatic rings. The highest BCUT2D eigenvalue weighted by Gasteiger charge is 2.27. The van der Waals surface area contributed by atoms with E-state index in [-0.39, 0.29) is 54.8 Å². The summed E-state index contributed by atoms with van der Waals surface area (Å²) in [5.74, 6) is -1.11. The number of hydrogen-bond donors (Lipinski definition) is 1. The monoisotopic (exact) mass is 497 g/mol. The average molecular weight is 497 g/mol. The quantitative estimate of drug-likeness (QED) is 0.462. The molecule has 184 valence electrons. The number of rotatable bonds is 4. The minimum Gasteiger partial charge on any atom is -0.437 e. The van der Waals surface area contributed by atoms with Gasteiger partial charge in [0.05, 0.1) is 28.0 Å². The molecule has 1 aromatic heterocycles. The normalized spacial score (nSPS) is 13.3. The highest BCUT2D eigenvalue weighted by atomic mass is 19.1. The van der Waals surface area contributed by atoms with Gasteiger partial charge in [0.15, 0.2) is 0 Å². The smallest absolute Gasteiger partial charge is 0.272 e. The second-order valence-corrected chi connectivity index (χ2v) is 8.42. The van der Waals surface area contributed by atoms with Gasteiger partial charge in [-0.2, -0.15) is 5.26 Å². The molecule has 2 heterocycles. The second-order valence-electron chi connectivity index (χ2n) is 8.42. The minimum atomic E-state index is -0.701. The fourth-order valence-electron chi connectivity index (χ4n) is 4.16. The van der Waals surface area contributed by atoms with Crippen molar-refractivity contribution in [3.8, 4) is 17.7 Å². The minimum absolute atomic E-state index is 0.120. The SMILES string of the molecule is N#Cc1ccc(C(=O)N2CCN(C(=O)c3cc(Oc4n[nH]c(=O)c5ccccc45)ccc3F)CC2)cc1. The average Bonchev–Trinajstić information content (AvgIpc) is 2.95. The molecule has 9 nitrogen and oxygen atoms in total. The van der Waals surface area contributed by atoms with E-state index in [4.69, 9.17) is 10.00 Å². The van der Waals surface area contributed by atoms with Crippen molar-refractivity contribution in [1.82, 2.24) is 20.0 Å². The zero-order valence-electron chi connectivity index (χ0n) is 19.5. The van der Waals surface area contributed by atoms with Crippen LogP contribution in [0.1, 0.15) is 26.3 Å². The van der Waals surface area contributed by atoms with Gasteiger partial charge >= 0.3 is 0 Å². The number of H-pyrrole nitrogens is 1. The van der Waals surface area contributed by atoms with Crippen molar-refractivity contribution in [2.24, 2.45) is 0 Å². The summed E-state index contributed by atoms with van der Waals surface area (Å²) in [6, 6.07) is 18.9. The van der Waals surface area contributed by atoms with E-state index >= 15 is 0 Å². The first-order chi connectivity index (χ1) is 17.9. The predicted molar refractivity (Wildman–Crippen MR) is 132 cm³/mol. The number of amides is 2. The number of aromatic amines is 1. The molecule has 0 bridgehead atoms. The number of carbonyl (C=O) groups is 2. The standard InChI is InChI=1S/C27H20FN5O4/c28-23-10-9-19(37-25-21-4-2-1-3-20(21)24(34)30-31-25)15-22(23)27(36)33-13-11-32(12-14-33)26(35)18-7-5-17(16-29)6-8-18/h1-10,15H,11-14H2,(H,30,34). The third-order valence-corrected chi connectivity index (χ3v) is 6.16. The maximum absolute atomic E-state index is 14.7. The van der Waals surface area contributed by atoms with Gasteiger partial charge in [-0.15, -0.1) is 5.10 Å². The molecule has 4 aromatic rings. The number of nitrogens with zero attached hydrogens (tertiary/aromatic N) is 4. The lowest BCUT2D eigenvalue weighted by atomic mass is 10.1. The number of benzene rings is 3. The molecule has 0 spiro atoms. The van der Waals surface area contributed by atoms with E-state index in [2.05, 4.69) is 10.2 Å². The Morgan fingerprint density at radius 3 is 2.24 bits per heavy atom. The fourth-order valence-corrected chi connectivity index (χ4v) is 4.16. The molecule has 1 N–H and O–H groups in total. The first-order valence-electron chi connectivity index (χ1n) is 11.5. The molecule has 0 unspecified atom stereocenters. The van der Waals surface area contributed by atoms with Crippen LogP contribution in [0, 0.1) is 17.1 Å². The molecule has 0 radical (unpaired) electrons. The Morgan fingerprint density at radius 2 is 1.57 bits per heavy atom. The van der Waals surface area contributed by atoms with E-state index in [1.165, 1.54) is 17.0 Å². The summed E-state index contributed by atoms with van der Waals surface area (Å²) in [5.41, 5.74) is 0.385. The van der Waals surface area contributed by atoms with E-state index in [1.807, 2.05) is 6.07 Å². The Balaban J connectivity index is 1.29. The zero-order valence-corrected chi connectivity index (χ0v) is 19.5. The number of ether oxygens (including phenoxy) is 1. The van der Waals surface area contributed by atoms with Crippen LogP contribution in [0.15, 0.2) is 71.5 Å². The van der Waals surface area contributed by atoms with Crippen molar-refractivity contribution in [1.29, 1.82) is 5.26 Å². The molecular weight excluding hydrogens is 477 g/mol. The Hall–Kier alpha value is -5.04. The molecule has 5 rings (SSSR count). The molecule has 3 aromatic carbocycles. The van der Waals surface area contributed by atoms with Crippen LogP contribution < -0.4 is 10.3 Å². The van der Waals surface area contributed by atoms with E-state index in [0.717, 1.165) is 6.07 Å². The summed E-state index contributed by atoms with van der Waals surface area (Å²) < 4.78 is 20.5. The van der Waals surface area contributed by atoms with Crippen LogP contribution in [0.5, 0.6) is 11.6 Å². The van der Waals surface area contributed by atoms with Crippen molar-refractivity contribution in [3.63, 3.8) is 0 Å². The highest BCUT2D eigenvalue weighted by molar-refractivity contribution is 5.96. The van der Waals surface area contributed by atoms with Crippen molar-refractivity contribution in [2.75, 3.05) is 26.2 Å². The molecule has 1 saturated heterocycles. The topological polar surface area (TPSA) is 119 Å². The molecular formula is C27H20FN5O4. The summed E-state index contributed by atoms with van der Waals surface area (Å²) in [5, 5.41) is 16.1. The van der Waals surface area contributed by atoms with E-state index in [9.17, 15) is 18.8 Å². The number of halogens is 1. The van der Waals surface area contributed by atoms with Crippen LogP contribution in [0.3, 0.4) is 0 Å². The van der Waals surface area contributed by atoms with Gasteiger partial charge in [0.25, 0.3) is 17.4 Å². The van der Waals surface area contributed by atoms with Gasteiger partial charge in [0.1, 0.15) is 11.6 Å². The molecule has 1 fully saturated rings. The number of nitrogens with one attached hydrogen (secondary N) is 1. The van der Waals surface area contributed by atoms with Crippen LogP contribution in [-0.4, -0.2) is 58.0 Å². The number of fused-ring (bicyclic) bond motifs is 1. The summed E-state index contributed by atoms with van der Waals surface area (Å²) >= 11 is 0. The Labute approximate surface area is 210 Å². The Morgan fingerprint density at radius 1 is 0.919 bits per heavy atom. The molecule has 1 aliphatic heterocycles. The van der Waals surface area contributed by atoms with Crippen molar-refractivity contribution in [3.05, 3.63) is 99.6 Å². The highest BCUT2D eigenvalue weighted by Crippen LogP contribution is 2.27. The Kier molecular flexibility index (Phi) is 6.34. The first-order valence-corrected chi connectivity index (χ1v) is 11.5. The van der Waals surface area contributed by atoms with Gasteiger partial charge in [0, 0.05) is 31.7 Å². The van der Waals surface area contributed by atoms with Gasteiger partial charge in [-0.25, -0.2) is 9.49 Å². The van der Waals surface area contributed by atoms with E-state index in [1.54, 1.807) is 53.4 Å². The number of aromatic nitrogens is 2. The van der Waals surface area contributed by atoms with Crippen LogP contribution >= 0.6 is 0 Å². The maximum atomic E-state index is 14.7. The molecule has 10 heteroatoms. The van der Waals surface area contributed by atoms with Gasteiger partial charge < -0.3 is 14.5 Å². The molecule has 0 aliphatic carbocycles. The molecule has 0 saturated carbocycles.